The number of unbranched alkanes of at least 4 members (excludes halogenated alkanes) is 1. The normalized spacial score (nSPS) is 10.7. The number of aryl methyl sites for hydroxylation is 1. The summed E-state index contributed by atoms with van der Waals surface area (Å²) in [4.78, 5) is 23.8. The van der Waals surface area contributed by atoms with E-state index < -0.39 is 5.97 Å². The van der Waals surface area contributed by atoms with E-state index in [2.05, 4.69) is 33.1 Å². The first kappa shape index (κ1) is 20.3. The van der Waals surface area contributed by atoms with Gasteiger partial charge in [-0.1, -0.05) is 25.5 Å². The van der Waals surface area contributed by atoms with E-state index in [-0.39, 0.29) is 18.7 Å². The molecule has 1 aromatic carbocycles. The Hall–Kier alpha value is -2.97. The third kappa shape index (κ3) is 6.69. The van der Waals surface area contributed by atoms with Crippen molar-refractivity contribution >= 4 is 12.0 Å². The average molecular weight is 374 g/mol. The molecule has 1 aromatic heterocycles. The van der Waals surface area contributed by atoms with Crippen LogP contribution in [0.1, 0.15) is 55.4 Å². The molecule has 2 rings (SSSR count). The van der Waals surface area contributed by atoms with Crippen molar-refractivity contribution in [1.29, 1.82) is 0 Å². The predicted octanol–water partition coefficient (Wildman–Crippen LogP) is 2.04. The van der Waals surface area contributed by atoms with Gasteiger partial charge in [-0.15, -0.1) is 5.10 Å². The third-order valence-electron chi connectivity index (χ3n) is 3.72. The minimum absolute atomic E-state index is 0.0221. The van der Waals surface area contributed by atoms with Crippen LogP contribution in [-0.4, -0.2) is 38.2 Å². The minimum Gasteiger partial charge on any atom is -0.454 e. The summed E-state index contributed by atoms with van der Waals surface area (Å²) in [6.45, 7) is 6.96. The highest BCUT2D eigenvalue weighted by atomic mass is 16.5. The number of urea groups is 1. The van der Waals surface area contributed by atoms with Crippen molar-refractivity contribution < 1.29 is 14.3 Å². The smallest absolute Gasteiger partial charge is 0.338 e. The number of nitrogens with zero attached hydrogens (tertiary/aromatic N) is 4. The number of rotatable bonds is 9. The van der Waals surface area contributed by atoms with Gasteiger partial charge in [0.05, 0.1) is 5.56 Å². The lowest BCUT2D eigenvalue weighted by Crippen LogP contribution is -2.39. The summed E-state index contributed by atoms with van der Waals surface area (Å²) in [6, 6.07) is 6.73. The van der Waals surface area contributed by atoms with Crippen molar-refractivity contribution in [3.05, 3.63) is 41.2 Å². The SMILES string of the molecule is CCCCn1nnnc1COC(=O)c1ccc(CNC(=O)NC(C)C)cc1. The van der Waals surface area contributed by atoms with Crippen LogP contribution in [0.3, 0.4) is 0 Å². The van der Waals surface area contributed by atoms with E-state index in [0.717, 1.165) is 18.4 Å². The lowest BCUT2D eigenvalue weighted by Gasteiger charge is -2.10. The first-order valence-corrected chi connectivity index (χ1v) is 9.05. The monoisotopic (exact) mass is 374 g/mol. The fraction of sp³-hybridized carbons (Fsp3) is 0.500. The molecule has 0 aliphatic heterocycles. The molecule has 0 atom stereocenters. The Labute approximate surface area is 158 Å². The second-order valence-corrected chi connectivity index (χ2v) is 6.43. The van der Waals surface area contributed by atoms with E-state index in [9.17, 15) is 9.59 Å². The molecule has 0 saturated heterocycles. The van der Waals surface area contributed by atoms with Crippen LogP contribution in [0.15, 0.2) is 24.3 Å². The Morgan fingerprint density at radius 2 is 1.96 bits per heavy atom. The lowest BCUT2D eigenvalue weighted by molar-refractivity contribution is 0.0456. The highest BCUT2D eigenvalue weighted by Gasteiger charge is 2.12. The van der Waals surface area contributed by atoms with Gasteiger partial charge in [0.15, 0.2) is 12.4 Å². The number of amides is 2. The molecular weight excluding hydrogens is 348 g/mol. The molecule has 0 radical (unpaired) electrons. The number of esters is 1. The number of carbonyl (C=O) groups is 2. The van der Waals surface area contributed by atoms with Crippen molar-refractivity contribution in [2.24, 2.45) is 0 Å². The Balaban J connectivity index is 1.83. The van der Waals surface area contributed by atoms with E-state index in [4.69, 9.17) is 4.74 Å². The molecule has 1 heterocycles. The summed E-state index contributed by atoms with van der Waals surface area (Å²) >= 11 is 0. The molecule has 0 aliphatic carbocycles. The maximum absolute atomic E-state index is 12.2. The summed E-state index contributed by atoms with van der Waals surface area (Å²) < 4.78 is 6.94. The van der Waals surface area contributed by atoms with Crippen LogP contribution < -0.4 is 10.6 Å². The summed E-state index contributed by atoms with van der Waals surface area (Å²) in [5, 5.41) is 16.9. The number of carbonyl (C=O) groups excluding carboxylic acids is 2. The van der Waals surface area contributed by atoms with E-state index in [1.165, 1.54) is 0 Å². The van der Waals surface area contributed by atoms with E-state index in [1.54, 1.807) is 28.9 Å². The van der Waals surface area contributed by atoms with Gasteiger partial charge in [-0.2, -0.15) is 0 Å². The number of hydrogen-bond donors (Lipinski definition) is 2. The van der Waals surface area contributed by atoms with Crippen molar-refractivity contribution in [1.82, 2.24) is 30.8 Å². The molecule has 0 bridgehead atoms. The largest absolute Gasteiger partial charge is 0.454 e. The number of tetrazole rings is 1. The van der Waals surface area contributed by atoms with Crippen LogP contribution in [0.5, 0.6) is 0 Å². The second-order valence-electron chi connectivity index (χ2n) is 6.43. The zero-order chi connectivity index (χ0) is 19.6. The van der Waals surface area contributed by atoms with Crippen molar-refractivity contribution in [2.75, 3.05) is 0 Å². The quantitative estimate of drug-likeness (QED) is 0.650. The zero-order valence-corrected chi connectivity index (χ0v) is 15.9. The van der Waals surface area contributed by atoms with E-state index in [1.807, 2.05) is 13.8 Å². The molecule has 2 amide bonds. The summed E-state index contributed by atoms with van der Waals surface area (Å²) in [6.07, 6.45) is 1.98. The van der Waals surface area contributed by atoms with Gasteiger partial charge in [-0.05, 0) is 48.4 Å². The van der Waals surface area contributed by atoms with Crippen molar-refractivity contribution in [3.63, 3.8) is 0 Å². The van der Waals surface area contributed by atoms with Gasteiger partial charge in [0, 0.05) is 19.1 Å². The Morgan fingerprint density at radius 3 is 2.63 bits per heavy atom. The first-order chi connectivity index (χ1) is 13.0. The summed E-state index contributed by atoms with van der Waals surface area (Å²) in [5.74, 6) is 0.0749. The summed E-state index contributed by atoms with van der Waals surface area (Å²) in [7, 11) is 0. The van der Waals surface area contributed by atoms with Crippen LogP contribution in [0.2, 0.25) is 0 Å². The average Bonchev–Trinajstić information content (AvgIpc) is 3.10. The number of aromatic nitrogens is 4. The van der Waals surface area contributed by atoms with Gasteiger partial charge < -0.3 is 15.4 Å². The highest BCUT2D eigenvalue weighted by molar-refractivity contribution is 5.89. The van der Waals surface area contributed by atoms with Crippen LogP contribution in [-0.2, 0) is 24.4 Å². The molecule has 9 nitrogen and oxygen atoms in total. The molecule has 2 aromatic rings. The topological polar surface area (TPSA) is 111 Å². The number of hydrogen-bond acceptors (Lipinski definition) is 6. The highest BCUT2D eigenvalue weighted by Crippen LogP contribution is 2.08. The number of benzene rings is 1. The number of ether oxygens (including phenoxy) is 1. The Kier molecular flexibility index (Phi) is 7.72. The van der Waals surface area contributed by atoms with Gasteiger partial charge in [0.25, 0.3) is 0 Å². The molecule has 0 fully saturated rings. The van der Waals surface area contributed by atoms with E-state index >= 15 is 0 Å². The number of nitrogens with one attached hydrogen (secondary N) is 2. The standard InChI is InChI=1S/C18H26N6O3/c1-4-5-10-24-16(21-22-23-24)12-27-17(25)15-8-6-14(7-9-15)11-19-18(26)20-13(2)3/h6-9,13H,4-5,10-12H2,1-3H3,(H2,19,20,26). The van der Waals surface area contributed by atoms with Gasteiger partial charge in [-0.25, -0.2) is 14.3 Å². The maximum atomic E-state index is 12.2. The molecule has 2 N–H and O–H groups in total. The fourth-order valence-corrected chi connectivity index (χ4v) is 2.28. The van der Waals surface area contributed by atoms with Crippen molar-refractivity contribution in [3.8, 4) is 0 Å². The maximum Gasteiger partial charge on any atom is 0.338 e. The zero-order valence-electron chi connectivity index (χ0n) is 15.9. The molecule has 0 spiro atoms. The van der Waals surface area contributed by atoms with Crippen molar-refractivity contribution in [2.45, 2.75) is 59.4 Å². The fourth-order valence-electron chi connectivity index (χ4n) is 2.28. The van der Waals surface area contributed by atoms with Gasteiger partial charge in [-0.3, -0.25) is 0 Å². The first-order valence-electron chi connectivity index (χ1n) is 9.05. The molecule has 0 aliphatic rings. The molecule has 27 heavy (non-hydrogen) atoms. The minimum atomic E-state index is -0.447. The molecule has 146 valence electrons. The van der Waals surface area contributed by atoms with Crippen LogP contribution >= 0.6 is 0 Å². The molecule has 9 heteroatoms. The molecular formula is C18H26N6O3. The van der Waals surface area contributed by atoms with Gasteiger partial charge >= 0.3 is 12.0 Å². The molecule has 0 unspecified atom stereocenters. The van der Waals surface area contributed by atoms with Gasteiger partial charge in [0.1, 0.15) is 0 Å². The van der Waals surface area contributed by atoms with Gasteiger partial charge in [0.2, 0.25) is 0 Å². The van der Waals surface area contributed by atoms with E-state index in [0.29, 0.717) is 24.5 Å². The summed E-state index contributed by atoms with van der Waals surface area (Å²) in [5.41, 5.74) is 1.31. The van der Waals surface area contributed by atoms with Crippen LogP contribution in [0.25, 0.3) is 0 Å². The lowest BCUT2D eigenvalue weighted by atomic mass is 10.1. The third-order valence-corrected chi connectivity index (χ3v) is 3.72. The Bertz CT molecular complexity index is 742. The Morgan fingerprint density at radius 1 is 1.22 bits per heavy atom. The van der Waals surface area contributed by atoms with Crippen LogP contribution in [0.4, 0.5) is 4.79 Å². The van der Waals surface area contributed by atoms with Crippen LogP contribution in [0, 0.1) is 0 Å². The predicted molar refractivity (Wildman–Crippen MR) is 98.8 cm³/mol. The second kappa shape index (κ2) is 10.2. The molecule has 0 saturated carbocycles.